The van der Waals surface area contributed by atoms with Crippen molar-refractivity contribution >= 4 is 11.6 Å². The Hall–Kier alpha value is -1.79. The molecule has 1 fully saturated rings. The molecule has 2 rings (SSSR count). The van der Waals surface area contributed by atoms with E-state index in [1.165, 1.54) is 0 Å². The molecule has 1 aromatic carbocycles. The first kappa shape index (κ1) is 11.7. The summed E-state index contributed by atoms with van der Waals surface area (Å²) in [4.78, 5) is 12.0. The van der Waals surface area contributed by atoms with Gasteiger partial charge in [-0.3, -0.25) is 4.79 Å². The maximum Gasteiger partial charge on any atom is 0.228 e. The number of nitrogens with one attached hydrogen (secondary N) is 2. The molecule has 1 atom stereocenters. The molecule has 1 aliphatic rings. The predicted molar refractivity (Wildman–Crippen MR) is 68.6 cm³/mol. The van der Waals surface area contributed by atoms with Gasteiger partial charge in [0, 0.05) is 17.8 Å². The standard InChI is InChI=1S/C14H16N2O/c1-2-11-5-3-7-13(9-11)16-14(17)12-6-4-8-15-10-12/h1,3,5,7,9,12,15H,4,6,8,10H2,(H,16,17). The van der Waals surface area contributed by atoms with Crippen LogP contribution in [0.15, 0.2) is 24.3 Å². The van der Waals surface area contributed by atoms with Crippen LogP contribution in [0.2, 0.25) is 0 Å². The van der Waals surface area contributed by atoms with E-state index in [1.54, 1.807) is 0 Å². The molecule has 1 heterocycles. The summed E-state index contributed by atoms with van der Waals surface area (Å²) in [5.41, 5.74) is 1.56. The van der Waals surface area contributed by atoms with E-state index in [0.717, 1.165) is 37.2 Å². The van der Waals surface area contributed by atoms with E-state index in [-0.39, 0.29) is 11.8 Å². The van der Waals surface area contributed by atoms with Crippen LogP contribution in [0.4, 0.5) is 5.69 Å². The Bertz CT molecular complexity index is 442. The van der Waals surface area contributed by atoms with Gasteiger partial charge in [-0.1, -0.05) is 12.0 Å². The highest BCUT2D eigenvalue weighted by Gasteiger charge is 2.20. The lowest BCUT2D eigenvalue weighted by atomic mass is 9.99. The highest BCUT2D eigenvalue weighted by molar-refractivity contribution is 5.92. The minimum atomic E-state index is 0.0678. The van der Waals surface area contributed by atoms with Crippen LogP contribution in [-0.2, 0) is 4.79 Å². The zero-order valence-electron chi connectivity index (χ0n) is 9.70. The third-order valence-corrected chi connectivity index (χ3v) is 2.96. The lowest BCUT2D eigenvalue weighted by molar-refractivity contribution is -0.120. The Balaban J connectivity index is 1.99. The smallest absolute Gasteiger partial charge is 0.228 e. The Morgan fingerprint density at radius 2 is 2.41 bits per heavy atom. The molecule has 1 aliphatic heterocycles. The number of carbonyl (C=O) groups is 1. The average molecular weight is 228 g/mol. The molecule has 3 nitrogen and oxygen atoms in total. The van der Waals surface area contributed by atoms with Crippen LogP contribution >= 0.6 is 0 Å². The summed E-state index contributed by atoms with van der Waals surface area (Å²) in [6.45, 7) is 1.77. The minimum Gasteiger partial charge on any atom is -0.326 e. The molecule has 88 valence electrons. The largest absolute Gasteiger partial charge is 0.326 e. The SMILES string of the molecule is C#Cc1cccc(NC(=O)C2CCCNC2)c1. The molecule has 17 heavy (non-hydrogen) atoms. The minimum absolute atomic E-state index is 0.0678. The van der Waals surface area contributed by atoms with Gasteiger partial charge in [-0.25, -0.2) is 0 Å². The first-order chi connectivity index (χ1) is 8.29. The second kappa shape index (κ2) is 5.51. The second-order valence-corrected chi connectivity index (χ2v) is 4.26. The maximum atomic E-state index is 12.0. The number of hydrogen-bond donors (Lipinski definition) is 2. The van der Waals surface area contributed by atoms with Crippen molar-refractivity contribution in [3.05, 3.63) is 29.8 Å². The van der Waals surface area contributed by atoms with Gasteiger partial charge in [-0.2, -0.15) is 0 Å². The number of anilines is 1. The van der Waals surface area contributed by atoms with Gasteiger partial charge >= 0.3 is 0 Å². The summed E-state index contributed by atoms with van der Waals surface area (Å²) in [5, 5.41) is 6.14. The van der Waals surface area contributed by atoms with E-state index in [4.69, 9.17) is 6.42 Å². The number of amides is 1. The molecular formula is C14H16N2O. The van der Waals surface area contributed by atoms with E-state index in [2.05, 4.69) is 16.6 Å². The third kappa shape index (κ3) is 3.08. The van der Waals surface area contributed by atoms with Gasteiger partial charge in [0.2, 0.25) is 5.91 Å². The summed E-state index contributed by atoms with van der Waals surface area (Å²) in [6, 6.07) is 7.37. The van der Waals surface area contributed by atoms with Crippen molar-refractivity contribution in [1.29, 1.82) is 0 Å². The number of hydrogen-bond acceptors (Lipinski definition) is 2. The number of terminal acetylenes is 1. The Labute approximate surface area is 102 Å². The van der Waals surface area contributed by atoms with Crippen LogP contribution < -0.4 is 10.6 Å². The fourth-order valence-electron chi connectivity index (χ4n) is 2.01. The van der Waals surface area contributed by atoms with Crippen molar-refractivity contribution in [3.63, 3.8) is 0 Å². The normalized spacial score (nSPS) is 19.4. The summed E-state index contributed by atoms with van der Waals surface area (Å²) in [5.74, 6) is 2.70. The second-order valence-electron chi connectivity index (χ2n) is 4.26. The number of carbonyl (C=O) groups excluding carboxylic acids is 1. The molecule has 1 unspecified atom stereocenters. The van der Waals surface area contributed by atoms with E-state index in [0.29, 0.717) is 0 Å². The van der Waals surface area contributed by atoms with E-state index < -0.39 is 0 Å². The summed E-state index contributed by atoms with van der Waals surface area (Å²) in [7, 11) is 0. The highest BCUT2D eigenvalue weighted by atomic mass is 16.1. The van der Waals surface area contributed by atoms with Crippen LogP contribution in [0.5, 0.6) is 0 Å². The van der Waals surface area contributed by atoms with Gasteiger partial charge < -0.3 is 10.6 Å². The summed E-state index contributed by atoms with van der Waals surface area (Å²) >= 11 is 0. The van der Waals surface area contributed by atoms with Crippen LogP contribution in [0.1, 0.15) is 18.4 Å². The van der Waals surface area contributed by atoms with E-state index >= 15 is 0 Å². The van der Waals surface area contributed by atoms with Crippen molar-refractivity contribution in [2.75, 3.05) is 18.4 Å². The molecule has 1 saturated heterocycles. The lowest BCUT2D eigenvalue weighted by Gasteiger charge is -2.21. The van der Waals surface area contributed by atoms with Crippen LogP contribution in [-0.4, -0.2) is 19.0 Å². The van der Waals surface area contributed by atoms with Crippen molar-refractivity contribution in [2.24, 2.45) is 5.92 Å². The lowest BCUT2D eigenvalue weighted by Crippen LogP contribution is -2.37. The van der Waals surface area contributed by atoms with Crippen molar-refractivity contribution in [2.45, 2.75) is 12.8 Å². The van der Waals surface area contributed by atoms with Gasteiger partial charge in [0.15, 0.2) is 0 Å². The molecule has 0 aliphatic carbocycles. The first-order valence-corrected chi connectivity index (χ1v) is 5.88. The fourth-order valence-corrected chi connectivity index (χ4v) is 2.01. The molecule has 0 bridgehead atoms. The molecule has 0 spiro atoms. The summed E-state index contributed by atoms with van der Waals surface area (Å²) < 4.78 is 0. The van der Waals surface area contributed by atoms with Crippen molar-refractivity contribution in [3.8, 4) is 12.3 Å². The quantitative estimate of drug-likeness (QED) is 0.755. The molecule has 0 radical (unpaired) electrons. The molecule has 0 aromatic heterocycles. The molecule has 1 amide bonds. The zero-order valence-corrected chi connectivity index (χ0v) is 9.70. The van der Waals surface area contributed by atoms with Crippen molar-refractivity contribution < 1.29 is 4.79 Å². The van der Waals surface area contributed by atoms with Gasteiger partial charge in [-0.15, -0.1) is 6.42 Å². The van der Waals surface area contributed by atoms with E-state index in [1.807, 2.05) is 24.3 Å². The van der Waals surface area contributed by atoms with Gasteiger partial charge in [0.25, 0.3) is 0 Å². The predicted octanol–water partition coefficient (Wildman–Crippen LogP) is 1.61. The number of piperidine rings is 1. The molecule has 0 saturated carbocycles. The van der Waals surface area contributed by atoms with Gasteiger partial charge in [0.05, 0.1) is 5.92 Å². The third-order valence-electron chi connectivity index (χ3n) is 2.96. The average Bonchev–Trinajstić information content (AvgIpc) is 2.40. The molecule has 1 aromatic rings. The topological polar surface area (TPSA) is 41.1 Å². The maximum absolute atomic E-state index is 12.0. The Morgan fingerprint density at radius 3 is 3.12 bits per heavy atom. The Kier molecular flexibility index (Phi) is 3.79. The number of rotatable bonds is 2. The highest BCUT2D eigenvalue weighted by Crippen LogP contribution is 2.15. The van der Waals surface area contributed by atoms with Crippen LogP contribution in [0.3, 0.4) is 0 Å². The zero-order chi connectivity index (χ0) is 12.1. The molecule has 3 heteroatoms. The summed E-state index contributed by atoms with van der Waals surface area (Å²) in [6.07, 6.45) is 7.33. The van der Waals surface area contributed by atoms with Crippen LogP contribution in [0, 0.1) is 18.3 Å². The molecular weight excluding hydrogens is 212 g/mol. The Morgan fingerprint density at radius 1 is 1.53 bits per heavy atom. The number of benzene rings is 1. The fraction of sp³-hybridized carbons (Fsp3) is 0.357. The van der Waals surface area contributed by atoms with Crippen LogP contribution in [0.25, 0.3) is 0 Å². The van der Waals surface area contributed by atoms with Crippen molar-refractivity contribution in [1.82, 2.24) is 5.32 Å². The monoisotopic (exact) mass is 228 g/mol. The molecule has 2 N–H and O–H groups in total. The van der Waals surface area contributed by atoms with Gasteiger partial charge in [0.1, 0.15) is 0 Å². The van der Waals surface area contributed by atoms with E-state index in [9.17, 15) is 4.79 Å². The first-order valence-electron chi connectivity index (χ1n) is 5.88. The van der Waals surface area contributed by atoms with Gasteiger partial charge in [-0.05, 0) is 37.6 Å².